The van der Waals surface area contributed by atoms with E-state index in [1.54, 1.807) is 6.92 Å². The fraction of sp³-hybridized carbons (Fsp3) is 0.500. The van der Waals surface area contributed by atoms with Crippen molar-refractivity contribution in [2.24, 2.45) is 0 Å². The maximum atomic E-state index is 12.5. The molecule has 9 heteroatoms. The molecule has 0 bridgehead atoms. The molecule has 0 spiro atoms. The number of nitro groups is 1. The summed E-state index contributed by atoms with van der Waals surface area (Å²) in [6.45, 7) is 4.42. The van der Waals surface area contributed by atoms with Crippen LogP contribution in [-0.2, 0) is 10.0 Å². The number of hydrogen-bond donors (Lipinski definition) is 2. The van der Waals surface area contributed by atoms with Gasteiger partial charge in [0.15, 0.2) is 4.90 Å². The van der Waals surface area contributed by atoms with Crippen LogP contribution < -0.4 is 5.73 Å². The Labute approximate surface area is 123 Å². The van der Waals surface area contributed by atoms with Gasteiger partial charge in [-0.3, -0.25) is 10.1 Å². The number of nitrogen functional groups attached to an aromatic ring is 1. The number of nitro benzene ring substituents is 1. The Morgan fingerprint density at radius 3 is 2.43 bits per heavy atom. The van der Waals surface area contributed by atoms with Gasteiger partial charge in [-0.2, -0.15) is 4.31 Å². The highest BCUT2D eigenvalue weighted by Crippen LogP contribution is 2.29. The first-order valence-corrected chi connectivity index (χ1v) is 7.69. The Balaban J connectivity index is 3.39. The molecule has 1 aromatic carbocycles. The Kier molecular flexibility index (Phi) is 4.92. The number of hydrogen-bond acceptors (Lipinski definition) is 6. The average molecular weight is 317 g/mol. The highest BCUT2D eigenvalue weighted by Gasteiger charge is 2.33. The van der Waals surface area contributed by atoms with E-state index in [-0.39, 0.29) is 18.8 Å². The molecule has 0 aromatic heterocycles. The van der Waals surface area contributed by atoms with E-state index in [4.69, 9.17) is 5.73 Å². The number of nitrogens with two attached hydrogens (primary N) is 1. The van der Waals surface area contributed by atoms with Crippen molar-refractivity contribution in [3.05, 3.63) is 28.3 Å². The van der Waals surface area contributed by atoms with Crippen LogP contribution in [-0.4, -0.2) is 41.4 Å². The smallest absolute Gasteiger partial charge is 0.291 e. The molecule has 0 saturated heterocycles. The first-order chi connectivity index (χ1) is 9.49. The number of aliphatic hydroxyl groups is 1. The van der Waals surface area contributed by atoms with Crippen molar-refractivity contribution >= 4 is 21.4 Å². The maximum absolute atomic E-state index is 12.5. The summed E-state index contributed by atoms with van der Waals surface area (Å²) in [4.78, 5) is 9.81. The van der Waals surface area contributed by atoms with Crippen LogP contribution in [0.4, 0.5) is 11.4 Å². The highest BCUT2D eigenvalue weighted by atomic mass is 32.2. The molecule has 21 heavy (non-hydrogen) atoms. The zero-order valence-corrected chi connectivity index (χ0v) is 12.9. The van der Waals surface area contributed by atoms with Gasteiger partial charge in [-0.05, 0) is 26.0 Å². The van der Waals surface area contributed by atoms with Crippen molar-refractivity contribution < 1.29 is 18.4 Å². The molecule has 0 amide bonds. The van der Waals surface area contributed by atoms with Gasteiger partial charge in [-0.25, -0.2) is 8.42 Å². The van der Waals surface area contributed by atoms with Crippen LogP contribution >= 0.6 is 0 Å². The van der Waals surface area contributed by atoms with E-state index in [0.29, 0.717) is 0 Å². The Bertz CT molecular complexity index is 637. The largest absolute Gasteiger partial charge is 0.399 e. The molecule has 8 nitrogen and oxygen atoms in total. The molecule has 0 aliphatic heterocycles. The van der Waals surface area contributed by atoms with E-state index in [1.165, 1.54) is 19.9 Å². The minimum Gasteiger partial charge on any atom is -0.399 e. The first-order valence-electron chi connectivity index (χ1n) is 6.25. The number of sulfonamides is 1. The van der Waals surface area contributed by atoms with Crippen molar-refractivity contribution in [3.8, 4) is 0 Å². The van der Waals surface area contributed by atoms with Crippen LogP contribution in [0.15, 0.2) is 23.1 Å². The van der Waals surface area contributed by atoms with E-state index in [2.05, 4.69) is 0 Å². The first kappa shape index (κ1) is 17.3. The van der Waals surface area contributed by atoms with Gasteiger partial charge in [-0.1, -0.05) is 6.92 Å². The van der Waals surface area contributed by atoms with E-state index in [1.807, 2.05) is 0 Å². The highest BCUT2D eigenvalue weighted by molar-refractivity contribution is 7.89. The third kappa shape index (κ3) is 4.13. The van der Waals surface area contributed by atoms with Crippen molar-refractivity contribution in [3.63, 3.8) is 0 Å². The van der Waals surface area contributed by atoms with Crippen LogP contribution in [0.25, 0.3) is 0 Å². The fourth-order valence-corrected chi connectivity index (χ4v) is 3.57. The van der Waals surface area contributed by atoms with Crippen LogP contribution in [0.5, 0.6) is 0 Å². The SMILES string of the molecule is CCN(CC(C)(C)O)S(=O)(=O)c1ccc(N)cc1[N+](=O)[O-]. The fourth-order valence-electron chi connectivity index (χ4n) is 1.83. The Morgan fingerprint density at radius 1 is 1.43 bits per heavy atom. The molecule has 0 atom stereocenters. The normalized spacial score (nSPS) is 12.6. The minimum absolute atomic E-state index is 0.0772. The second-order valence-corrected chi connectivity index (χ2v) is 7.13. The second kappa shape index (κ2) is 5.96. The average Bonchev–Trinajstić information content (AvgIpc) is 2.34. The summed E-state index contributed by atoms with van der Waals surface area (Å²) < 4.78 is 26.1. The zero-order valence-electron chi connectivity index (χ0n) is 12.1. The van der Waals surface area contributed by atoms with Crippen molar-refractivity contribution in [2.45, 2.75) is 31.3 Å². The predicted molar refractivity (Wildman–Crippen MR) is 78.2 cm³/mol. The summed E-state index contributed by atoms with van der Waals surface area (Å²) in [5.74, 6) is 0. The molecule has 0 radical (unpaired) electrons. The lowest BCUT2D eigenvalue weighted by Gasteiger charge is -2.27. The summed E-state index contributed by atoms with van der Waals surface area (Å²) in [6.07, 6.45) is 0. The van der Waals surface area contributed by atoms with Gasteiger partial charge >= 0.3 is 0 Å². The topological polar surface area (TPSA) is 127 Å². The molecule has 0 aliphatic rings. The summed E-state index contributed by atoms with van der Waals surface area (Å²) >= 11 is 0. The van der Waals surface area contributed by atoms with E-state index >= 15 is 0 Å². The molecule has 0 aliphatic carbocycles. The molecule has 1 rings (SSSR count). The molecule has 118 valence electrons. The molecule has 0 saturated carbocycles. The zero-order chi connectivity index (χ0) is 16.4. The van der Waals surface area contributed by atoms with Gasteiger partial charge in [-0.15, -0.1) is 0 Å². The minimum atomic E-state index is -4.10. The van der Waals surface area contributed by atoms with Gasteiger partial charge < -0.3 is 10.8 Å². The summed E-state index contributed by atoms with van der Waals surface area (Å²) in [7, 11) is -4.10. The van der Waals surface area contributed by atoms with Gasteiger partial charge in [0.2, 0.25) is 10.0 Å². The number of benzene rings is 1. The third-order valence-electron chi connectivity index (χ3n) is 2.71. The molecule has 3 N–H and O–H groups in total. The molecule has 1 aromatic rings. The van der Waals surface area contributed by atoms with E-state index < -0.39 is 31.1 Å². The number of nitrogens with zero attached hydrogens (tertiary/aromatic N) is 2. The monoisotopic (exact) mass is 317 g/mol. The molecular formula is C12H19N3O5S. The quantitative estimate of drug-likeness (QED) is 0.457. The Hall–Kier alpha value is -1.71. The number of anilines is 1. The standard InChI is InChI=1S/C12H19N3O5S/c1-4-14(8-12(2,3)16)21(19,20)11-6-5-9(13)7-10(11)15(17)18/h5-7,16H,4,8,13H2,1-3H3. The predicted octanol–water partition coefficient (Wildman–Crippen LogP) is 0.959. The maximum Gasteiger partial charge on any atom is 0.291 e. The lowest BCUT2D eigenvalue weighted by Crippen LogP contribution is -2.42. The van der Waals surface area contributed by atoms with Crippen molar-refractivity contribution in [2.75, 3.05) is 18.8 Å². The third-order valence-corrected chi connectivity index (χ3v) is 4.68. The van der Waals surface area contributed by atoms with Crippen LogP contribution in [0.1, 0.15) is 20.8 Å². The van der Waals surface area contributed by atoms with Crippen molar-refractivity contribution in [1.82, 2.24) is 4.31 Å². The van der Waals surface area contributed by atoms with Crippen LogP contribution in [0.2, 0.25) is 0 Å². The molecular weight excluding hydrogens is 298 g/mol. The van der Waals surface area contributed by atoms with Gasteiger partial charge in [0.1, 0.15) is 0 Å². The molecule has 0 heterocycles. The number of likely N-dealkylation sites (N-methyl/N-ethyl adjacent to an activating group) is 1. The molecule has 0 unspecified atom stereocenters. The summed E-state index contributed by atoms with van der Waals surface area (Å²) in [5, 5.41) is 20.8. The lowest BCUT2D eigenvalue weighted by atomic mass is 10.1. The second-order valence-electron chi connectivity index (χ2n) is 5.23. The van der Waals surface area contributed by atoms with Crippen LogP contribution in [0, 0.1) is 10.1 Å². The summed E-state index contributed by atoms with van der Waals surface area (Å²) in [6, 6.07) is 3.40. The summed E-state index contributed by atoms with van der Waals surface area (Å²) in [5.41, 5.74) is 3.73. The van der Waals surface area contributed by atoms with Gasteiger partial charge in [0.05, 0.1) is 10.5 Å². The van der Waals surface area contributed by atoms with Crippen LogP contribution in [0.3, 0.4) is 0 Å². The van der Waals surface area contributed by atoms with E-state index in [9.17, 15) is 23.6 Å². The lowest BCUT2D eigenvalue weighted by molar-refractivity contribution is -0.387. The van der Waals surface area contributed by atoms with Gasteiger partial charge in [0.25, 0.3) is 5.69 Å². The Morgan fingerprint density at radius 2 is 2.00 bits per heavy atom. The van der Waals surface area contributed by atoms with Crippen molar-refractivity contribution in [1.29, 1.82) is 0 Å². The number of rotatable bonds is 6. The molecule has 0 fully saturated rings. The van der Waals surface area contributed by atoms with Gasteiger partial charge in [0, 0.05) is 24.8 Å². The van der Waals surface area contributed by atoms with E-state index in [0.717, 1.165) is 16.4 Å².